The maximum Gasteiger partial charge on any atom is 0.273 e. The number of carbonyl (C=O) groups is 4. The quantitative estimate of drug-likeness (QED) is 0.235. The van der Waals surface area contributed by atoms with E-state index in [0.717, 1.165) is 16.4 Å². The molecular weight excluding hydrogens is 646 g/mol. The molecule has 1 aliphatic heterocycles. The highest BCUT2D eigenvalue weighted by Crippen LogP contribution is 2.60. The molecule has 2 aliphatic carbocycles. The molecule has 2 aromatic carbocycles. The largest absolute Gasteiger partial charge is 0.292 e. The predicted octanol–water partition coefficient (Wildman–Crippen LogP) is 5.66. The number of alkyl halides is 2. The van der Waals surface area contributed by atoms with Crippen LogP contribution in [-0.4, -0.2) is 49.7 Å². The zero-order valence-corrected chi connectivity index (χ0v) is 23.3. The zero-order valence-electron chi connectivity index (χ0n) is 17.8. The van der Waals surface area contributed by atoms with Crippen LogP contribution in [0.15, 0.2) is 42.5 Å². The van der Waals surface area contributed by atoms with Gasteiger partial charge in [-0.15, -0.1) is 0 Å². The molecule has 3 fully saturated rings. The highest BCUT2D eigenvalue weighted by atomic mass is 79.9. The van der Waals surface area contributed by atoms with Crippen LogP contribution < -0.4 is 0 Å². The fraction of sp³-hybridized carbons (Fsp3) is 0.333. The first-order chi connectivity index (χ1) is 16.6. The van der Waals surface area contributed by atoms with Crippen molar-refractivity contribution in [3.05, 3.63) is 68.7 Å². The van der Waals surface area contributed by atoms with Gasteiger partial charge in [-0.1, -0.05) is 66.7 Å². The minimum absolute atomic E-state index is 0.0373. The number of carbonyl (C=O) groups excluding carboxylic acids is 4. The summed E-state index contributed by atoms with van der Waals surface area (Å²) in [5.41, 5.74) is 0.312. The molecule has 2 bridgehead atoms. The molecule has 2 aromatic rings. The topological polar surface area (TPSA) is 74.8 Å². The van der Waals surface area contributed by atoms with Gasteiger partial charge in [-0.3, -0.25) is 19.2 Å². The number of imide groups is 1. The second-order valence-electron chi connectivity index (χ2n) is 8.91. The third-order valence-corrected chi connectivity index (χ3v) is 11.1. The van der Waals surface area contributed by atoms with Gasteiger partial charge in [-0.05, 0) is 60.7 Å². The standard InChI is InChI=1S/C24H17Br2Cl3N2O4/c25-20-14-8-15(21(20)26)19-18(14)23(34)31(24(19)35)30(22(33)10-1-3-11(27)4-2-10)9-17(32)13-6-5-12(28)7-16(13)29/h1-7,14-15,18-21H,8-9H2/t14-,15-,18-,19+,20-,21+/m1/s1. The van der Waals surface area contributed by atoms with Crippen molar-refractivity contribution in [1.82, 2.24) is 10.0 Å². The molecule has 3 amide bonds. The van der Waals surface area contributed by atoms with Gasteiger partial charge in [-0.25, -0.2) is 5.01 Å². The molecule has 0 radical (unpaired) electrons. The van der Waals surface area contributed by atoms with Crippen LogP contribution in [0.1, 0.15) is 27.1 Å². The number of halogens is 5. The Morgan fingerprint density at radius 3 is 1.97 bits per heavy atom. The Morgan fingerprint density at radius 1 is 0.886 bits per heavy atom. The Balaban J connectivity index is 1.52. The van der Waals surface area contributed by atoms with E-state index in [0.29, 0.717) is 10.0 Å². The Hall–Kier alpha value is -1.45. The summed E-state index contributed by atoms with van der Waals surface area (Å²) in [5.74, 6) is -3.29. The van der Waals surface area contributed by atoms with E-state index in [1.807, 2.05) is 0 Å². The summed E-state index contributed by atoms with van der Waals surface area (Å²) in [7, 11) is 0. The van der Waals surface area contributed by atoms with E-state index in [4.69, 9.17) is 34.8 Å². The number of amides is 3. The van der Waals surface area contributed by atoms with Gasteiger partial charge in [0.1, 0.15) is 6.54 Å². The van der Waals surface area contributed by atoms with Gasteiger partial charge in [0, 0.05) is 30.8 Å². The van der Waals surface area contributed by atoms with E-state index in [2.05, 4.69) is 31.9 Å². The number of benzene rings is 2. The highest BCUT2D eigenvalue weighted by molar-refractivity contribution is 9.12. The third kappa shape index (κ3) is 4.15. The lowest BCUT2D eigenvalue weighted by Gasteiger charge is -2.31. The molecule has 11 heteroatoms. The molecule has 6 nitrogen and oxygen atoms in total. The maximum absolute atomic E-state index is 13.6. The summed E-state index contributed by atoms with van der Waals surface area (Å²) in [5, 5.41) is 2.69. The molecule has 5 rings (SSSR count). The van der Waals surface area contributed by atoms with Crippen molar-refractivity contribution in [2.45, 2.75) is 16.1 Å². The Kier molecular flexibility index (Phi) is 6.81. The van der Waals surface area contributed by atoms with Crippen LogP contribution >= 0.6 is 66.7 Å². The SMILES string of the molecule is O=C(CN(C(=O)c1ccc(Cl)cc1)N1C(=O)[C@@H]2[C@H]3C[C@@H]([C@H](Br)[C@@H]3Br)[C@@H]2C1=O)c1ccc(Cl)cc1Cl. The predicted molar refractivity (Wildman–Crippen MR) is 139 cm³/mol. The monoisotopic (exact) mass is 660 g/mol. The summed E-state index contributed by atoms with van der Waals surface area (Å²) in [6, 6.07) is 10.4. The molecule has 2 saturated carbocycles. The lowest BCUT2D eigenvalue weighted by Crippen LogP contribution is -2.52. The minimum Gasteiger partial charge on any atom is -0.292 e. The lowest BCUT2D eigenvalue weighted by molar-refractivity contribution is -0.154. The zero-order chi connectivity index (χ0) is 25.2. The van der Waals surface area contributed by atoms with E-state index in [1.165, 1.54) is 42.5 Å². The Bertz CT molecular complexity index is 1230. The Labute approximate surface area is 233 Å². The van der Waals surface area contributed by atoms with Gasteiger partial charge in [0.15, 0.2) is 5.78 Å². The lowest BCUT2D eigenvalue weighted by atomic mass is 9.81. The van der Waals surface area contributed by atoms with Crippen molar-refractivity contribution >= 4 is 90.2 Å². The molecule has 0 aromatic heterocycles. The van der Waals surface area contributed by atoms with E-state index in [1.54, 1.807) is 0 Å². The van der Waals surface area contributed by atoms with Crippen LogP contribution in [0.25, 0.3) is 0 Å². The smallest absolute Gasteiger partial charge is 0.273 e. The molecule has 0 spiro atoms. The van der Waals surface area contributed by atoms with Crippen molar-refractivity contribution in [3.63, 3.8) is 0 Å². The molecular formula is C24H17Br2Cl3N2O4. The van der Waals surface area contributed by atoms with Gasteiger partial charge in [0.2, 0.25) is 0 Å². The highest BCUT2D eigenvalue weighted by Gasteiger charge is 2.67. The van der Waals surface area contributed by atoms with Crippen LogP contribution in [0.3, 0.4) is 0 Å². The molecule has 35 heavy (non-hydrogen) atoms. The van der Waals surface area contributed by atoms with Gasteiger partial charge < -0.3 is 0 Å². The van der Waals surface area contributed by atoms with Gasteiger partial charge >= 0.3 is 0 Å². The van der Waals surface area contributed by atoms with Crippen LogP contribution in [-0.2, 0) is 9.59 Å². The first kappa shape index (κ1) is 25.2. The first-order valence-electron chi connectivity index (χ1n) is 10.8. The average molecular weight is 664 g/mol. The van der Waals surface area contributed by atoms with E-state index >= 15 is 0 Å². The first-order valence-corrected chi connectivity index (χ1v) is 13.8. The van der Waals surface area contributed by atoms with Gasteiger partial charge in [0.05, 0.1) is 16.9 Å². The normalized spacial score (nSPS) is 29.0. The molecule has 1 saturated heterocycles. The summed E-state index contributed by atoms with van der Waals surface area (Å²) < 4.78 is 0. The number of hydrogen-bond donors (Lipinski definition) is 0. The average Bonchev–Trinajstić information content (AvgIpc) is 3.42. The van der Waals surface area contributed by atoms with Crippen molar-refractivity contribution in [2.24, 2.45) is 23.7 Å². The molecule has 182 valence electrons. The molecule has 1 heterocycles. The van der Waals surface area contributed by atoms with Crippen molar-refractivity contribution in [2.75, 3.05) is 6.54 Å². The van der Waals surface area contributed by atoms with Crippen molar-refractivity contribution < 1.29 is 19.2 Å². The van der Waals surface area contributed by atoms with Gasteiger partial charge in [0.25, 0.3) is 17.7 Å². The molecule has 0 N–H and O–H groups in total. The van der Waals surface area contributed by atoms with Crippen molar-refractivity contribution in [3.8, 4) is 0 Å². The number of fused-ring (bicyclic) bond motifs is 5. The number of hydrogen-bond acceptors (Lipinski definition) is 4. The maximum atomic E-state index is 13.6. The van der Waals surface area contributed by atoms with Gasteiger partial charge in [-0.2, -0.15) is 5.01 Å². The second-order valence-corrected chi connectivity index (χ2v) is 12.3. The Morgan fingerprint density at radius 2 is 1.43 bits per heavy atom. The number of nitrogens with zero attached hydrogens (tertiary/aromatic N) is 2. The number of hydrazine groups is 1. The molecule has 6 atom stereocenters. The second kappa shape index (κ2) is 9.45. The number of Topliss-reactive ketones (excluding diaryl/α,β-unsaturated/α-hetero) is 1. The summed E-state index contributed by atoms with van der Waals surface area (Å²) in [6.07, 6.45) is 0.747. The fourth-order valence-electron chi connectivity index (χ4n) is 5.48. The van der Waals surface area contributed by atoms with E-state index in [-0.39, 0.29) is 37.6 Å². The summed E-state index contributed by atoms with van der Waals surface area (Å²) >= 11 is 25.4. The third-order valence-electron chi connectivity index (χ3n) is 7.06. The molecule has 3 aliphatic rings. The summed E-state index contributed by atoms with van der Waals surface area (Å²) in [4.78, 5) is 54.1. The number of ketones is 1. The van der Waals surface area contributed by atoms with Crippen LogP contribution in [0.4, 0.5) is 0 Å². The molecule has 0 unspecified atom stereocenters. The van der Waals surface area contributed by atoms with Crippen LogP contribution in [0.5, 0.6) is 0 Å². The summed E-state index contributed by atoms with van der Waals surface area (Å²) in [6.45, 7) is -0.551. The minimum atomic E-state index is -0.667. The number of rotatable bonds is 5. The van der Waals surface area contributed by atoms with Crippen LogP contribution in [0, 0.1) is 23.7 Å². The van der Waals surface area contributed by atoms with E-state index in [9.17, 15) is 19.2 Å². The van der Waals surface area contributed by atoms with Crippen LogP contribution in [0.2, 0.25) is 15.1 Å². The van der Waals surface area contributed by atoms with E-state index < -0.39 is 41.9 Å². The fourth-order valence-corrected chi connectivity index (χ4v) is 8.00. The van der Waals surface area contributed by atoms with Crippen molar-refractivity contribution in [1.29, 1.82) is 0 Å².